The van der Waals surface area contributed by atoms with Crippen LogP contribution in [0.1, 0.15) is 37.8 Å². The molecule has 0 bridgehead atoms. The molecular formula is C25H26F2N4O3. The second-order valence-electron chi connectivity index (χ2n) is 8.85. The molecule has 2 aliphatic rings. The normalized spacial score (nSPS) is 18.6. The van der Waals surface area contributed by atoms with E-state index in [2.05, 4.69) is 10.4 Å². The van der Waals surface area contributed by atoms with Gasteiger partial charge in [-0.25, -0.2) is 13.6 Å². The van der Waals surface area contributed by atoms with Crippen LogP contribution >= 0.6 is 0 Å². The number of benzene rings is 2. The van der Waals surface area contributed by atoms with Gasteiger partial charge in [0.2, 0.25) is 0 Å². The first-order valence-corrected chi connectivity index (χ1v) is 11.5. The van der Waals surface area contributed by atoms with Crippen LogP contribution in [0.4, 0.5) is 19.3 Å². The molecule has 3 heterocycles. The van der Waals surface area contributed by atoms with Crippen molar-refractivity contribution in [2.24, 2.45) is 0 Å². The number of anilines is 1. The van der Waals surface area contributed by atoms with Crippen molar-refractivity contribution in [3.63, 3.8) is 0 Å². The summed E-state index contributed by atoms with van der Waals surface area (Å²) in [5.74, 6) is -1.25. The lowest BCUT2D eigenvalue weighted by molar-refractivity contribution is 0.198. The van der Waals surface area contributed by atoms with Gasteiger partial charge in [-0.15, -0.1) is 0 Å². The molecule has 2 aliphatic heterocycles. The molecule has 0 unspecified atom stereocenters. The third-order valence-corrected chi connectivity index (χ3v) is 6.65. The van der Waals surface area contributed by atoms with E-state index in [0.717, 1.165) is 49.7 Å². The zero-order chi connectivity index (χ0) is 23.8. The van der Waals surface area contributed by atoms with Crippen LogP contribution in [-0.4, -0.2) is 40.1 Å². The fourth-order valence-corrected chi connectivity index (χ4v) is 4.85. The van der Waals surface area contributed by atoms with Gasteiger partial charge in [0, 0.05) is 35.0 Å². The number of amides is 1. The third-order valence-electron chi connectivity index (χ3n) is 6.65. The Kier molecular flexibility index (Phi) is 5.95. The van der Waals surface area contributed by atoms with Gasteiger partial charge < -0.3 is 15.2 Å². The Morgan fingerprint density at radius 2 is 1.97 bits per heavy atom. The van der Waals surface area contributed by atoms with Crippen LogP contribution in [0.5, 0.6) is 11.5 Å². The molecule has 34 heavy (non-hydrogen) atoms. The predicted octanol–water partition coefficient (Wildman–Crippen LogP) is 5.36. The monoisotopic (exact) mass is 468 g/mol. The number of carbonyl (C=O) groups is 1. The molecule has 7 nitrogen and oxygen atoms in total. The fraction of sp³-hybridized carbons (Fsp3) is 0.360. The zero-order valence-corrected chi connectivity index (χ0v) is 18.8. The van der Waals surface area contributed by atoms with Crippen molar-refractivity contribution in [1.82, 2.24) is 15.1 Å². The molecule has 2 N–H and O–H groups in total. The molecule has 0 aliphatic carbocycles. The van der Waals surface area contributed by atoms with Crippen LogP contribution in [0.2, 0.25) is 0 Å². The lowest BCUT2D eigenvalue weighted by Gasteiger charge is -2.34. The minimum atomic E-state index is -1.07. The minimum Gasteiger partial charge on any atom is -0.465 e. The summed E-state index contributed by atoms with van der Waals surface area (Å²) in [4.78, 5) is 13.3. The van der Waals surface area contributed by atoms with Crippen LogP contribution in [-0.2, 0) is 6.42 Å². The van der Waals surface area contributed by atoms with Crippen molar-refractivity contribution in [2.45, 2.75) is 44.7 Å². The Hall–Kier alpha value is -3.46. The van der Waals surface area contributed by atoms with Gasteiger partial charge in [-0.05, 0) is 70.0 Å². The van der Waals surface area contributed by atoms with Gasteiger partial charge in [0.1, 0.15) is 11.6 Å². The number of carboxylic acid groups (broad SMARTS) is 1. The maximum Gasteiger partial charge on any atom is 0.412 e. The van der Waals surface area contributed by atoms with Crippen LogP contribution in [0.15, 0.2) is 42.7 Å². The Bertz CT molecular complexity index is 1220. The first-order chi connectivity index (χ1) is 16.4. The fourth-order valence-electron chi connectivity index (χ4n) is 4.85. The highest BCUT2D eigenvalue weighted by Gasteiger charge is 2.32. The Labute approximate surface area is 196 Å². The molecule has 0 radical (unpaired) electrons. The van der Waals surface area contributed by atoms with Crippen molar-refractivity contribution in [1.29, 1.82) is 0 Å². The van der Waals surface area contributed by atoms with E-state index in [1.807, 2.05) is 17.8 Å². The number of hydrogen-bond acceptors (Lipinski definition) is 4. The number of piperidine rings is 1. The molecule has 3 aromatic rings. The number of hydrogen-bond donors (Lipinski definition) is 2. The lowest BCUT2D eigenvalue weighted by Crippen LogP contribution is -2.41. The van der Waals surface area contributed by atoms with Crippen LogP contribution in [0.25, 0.3) is 11.1 Å². The van der Waals surface area contributed by atoms with Crippen molar-refractivity contribution >= 4 is 11.8 Å². The minimum absolute atomic E-state index is 0.211. The highest BCUT2D eigenvalue weighted by Crippen LogP contribution is 2.45. The van der Waals surface area contributed by atoms with E-state index in [1.54, 1.807) is 18.3 Å². The second kappa shape index (κ2) is 9.06. The van der Waals surface area contributed by atoms with E-state index in [9.17, 15) is 18.7 Å². The molecule has 2 aromatic carbocycles. The van der Waals surface area contributed by atoms with E-state index in [0.29, 0.717) is 35.4 Å². The highest BCUT2D eigenvalue weighted by molar-refractivity contribution is 5.91. The van der Waals surface area contributed by atoms with Crippen molar-refractivity contribution < 1.29 is 23.4 Å². The summed E-state index contributed by atoms with van der Waals surface area (Å²) < 4.78 is 36.4. The summed E-state index contributed by atoms with van der Waals surface area (Å²) >= 11 is 0. The van der Waals surface area contributed by atoms with Gasteiger partial charge in [0.05, 0.1) is 17.9 Å². The second-order valence-corrected chi connectivity index (χ2v) is 8.85. The van der Waals surface area contributed by atoms with E-state index < -0.39 is 17.7 Å². The van der Waals surface area contributed by atoms with Crippen LogP contribution < -0.4 is 15.0 Å². The first kappa shape index (κ1) is 22.3. The van der Waals surface area contributed by atoms with Crippen LogP contribution in [0, 0.1) is 11.6 Å². The van der Waals surface area contributed by atoms with Gasteiger partial charge in [-0.3, -0.25) is 9.58 Å². The van der Waals surface area contributed by atoms with E-state index in [1.165, 1.54) is 4.90 Å². The molecule has 1 fully saturated rings. The number of ether oxygens (including phenoxy) is 1. The van der Waals surface area contributed by atoms with Gasteiger partial charge in [0.15, 0.2) is 11.6 Å². The van der Waals surface area contributed by atoms with E-state index >= 15 is 0 Å². The molecule has 1 amide bonds. The molecule has 5 rings (SSSR count). The summed E-state index contributed by atoms with van der Waals surface area (Å²) in [7, 11) is 0. The smallest absolute Gasteiger partial charge is 0.412 e. The molecule has 1 saturated heterocycles. The number of rotatable bonds is 4. The number of nitrogens with one attached hydrogen (secondary N) is 1. The summed E-state index contributed by atoms with van der Waals surface area (Å²) in [5.41, 5.74) is 2.57. The molecule has 9 heteroatoms. The zero-order valence-electron chi connectivity index (χ0n) is 18.8. The Balaban J connectivity index is 1.62. The van der Waals surface area contributed by atoms with Crippen molar-refractivity contribution in [3.8, 4) is 22.6 Å². The van der Waals surface area contributed by atoms with Crippen molar-refractivity contribution in [3.05, 3.63) is 59.9 Å². The Morgan fingerprint density at radius 1 is 1.18 bits per heavy atom. The largest absolute Gasteiger partial charge is 0.465 e. The van der Waals surface area contributed by atoms with Gasteiger partial charge in [0.25, 0.3) is 0 Å². The molecule has 0 spiro atoms. The summed E-state index contributed by atoms with van der Waals surface area (Å²) in [5, 5.41) is 17.7. The van der Waals surface area contributed by atoms with Gasteiger partial charge in [-0.2, -0.15) is 5.10 Å². The third kappa shape index (κ3) is 4.11. The summed E-state index contributed by atoms with van der Waals surface area (Å²) in [6.45, 7) is 3.70. The van der Waals surface area contributed by atoms with Crippen LogP contribution in [0.3, 0.4) is 0 Å². The quantitative estimate of drug-likeness (QED) is 0.539. The lowest BCUT2D eigenvalue weighted by atomic mass is 9.92. The van der Waals surface area contributed by atoms with E-state index in [4.69, 9.17) is 4.74 Å². The number of aromatic nitrogens is 2. The SMILES string of the molecule is C[C@H]1CCc2c(ccc(-c3cnn(C4CCNCC4)c3)c2Oc2cc(F)ccc2F)N1C(=O)O. The number of halogens is 2. The van der Waals surface area contributed by atoms with Gasteiger partial charge >= 0.3 is 6.09 Å². The maximum atomic E-state index is 14.5. The number of fused-ring (bicyclic) bond motifs is 1. The molecule has 0 saturated carbocycles. The number of nitrogens with zero attached hydrogens (tertiary/aromatic N) is 3. The van der Waals surface area contributed by atoms with Crippen molar-refractivity contribution in [2.75, 3.05) is 18.0 Å². The maximum absolute atomic E-state index is 14.5. The summed E-state index contributed by atoms with van der Waals surface area (Å²) in [6, 6.07) is 6.63. The standard InChI is InChI=1S/C25H26F2N4O3/c1-15-2-4-20-22(31(15)25(32)33)7-5-19(24(20)34-23-12-17(26)3-6-21(23)27)16-13-29-30(14-16)18-8-10-28-11-9-18/h3,5-7,12-15,18,28H,2,4,8-11H2,1H3,(H,32,33)/t15-/m0/s1. The average Bonchev–Trinajstić information content (AvgIpc) is 3.32. The summed E-state index contributed by atoms with van der Waals surface area (Å²) in [6.07, 6.45) is 5.67. The molecule has 1 atom stereocenters. The highest BCUT2D eigenvalue weighted by atomic mass is 19.1. The topological polar surface area (TPSA) is 79.6 Å². The Morgan fingerprint density at radius 3 is 2.74 bits per heavy atom. The molecular weight excluding hydrogens is 442 g/mol. The van der Waals surface area contributed by atoms with E-state index in [-0.39, 0.29) is 17.8 Å². The van der Waals surface area contributed by atoms with Gasteiger partial charge in [-0.1, -0.05) is 0 Å². The first-order valence-electron chi connectivity index (χ1n) is 11.5. The molecule has 1 aromatic heterocycles. The molecule has 178 valence electrons. The predicted molar refractivity (Wildman–Crippen MR) is 124 cm³/mol. The average molecular weight is 469 g/mol.